The van der Waals surface area contributed by atoms with Gasteiger partial charge < -0.3 is 25.0 Å². The van der Waals surface area contributed by atoms with E-state index in [-0.39, 0.29) is 18.7 Å². The molecule has 1 saturated heterocycles. The number of fused-ring (bicyclic) bond motifs is 1. The standard InChI is InChI=1S/C20H29N3O4/c1-14(2)11-22-19(25)23-8-6-20(3,7-9-23)18(24)21-12-15-4-5-16-17(10-15)27-13-26-16/h4-5,10,14H,6-9,11-13H2,1-3H3,(H,21,24)(H,22,25). The van der Waals surface area contributed by atoms with Crippen molar-refractivity contribution in [2.75, 3.05) is 26.4 Å². The van der Waals surface area contributed by atoms with Crippen LogP contribution in [0.2, 0.25) is 0 Å². The number of urea groups is 1. The van der Waals surface area contributed by atoms with Gasteiger partial charge in [0.1, 0.15) is 0 Å². The van der Waals surface area contributed by atoms with Crippen molar-refractivity contribution in [3.05, 3.63) is 23.8 Å². The molecule has 7 nitrogen and oxygen atoms in total. The van der Waals surface area contributed by atoms with Crippen molar-refractivity contribution in [3.8, 4) is 11.5 Å². The summed E-state index contributed by atoms with van der Waals surface area (Å²) < 4.78 is 10.7. The zero-order valence-corrected chi connectivity index (χ0v) is 16.3. The minimum absolute atomic E-state index is 0.0300. The van der Waals surface area contributed by atoms with Crippen molar-refractivity contribution in [1.82, 2.24) is 15.5 Å². The van der Waals surface area contributed by atoms with Gasteiger partial charge in [-0.2, -0.15) is 0 Å². The predicted molar refractivity (Wildman–Crippen MR) is 102 cm³/mol. The summed E-state index contributed by atoms with van der Waals surface area (Å²) in [6, 6.07) is 5.65. The molecule has 0 aliphatic carbocycles. The number of amides is 3. The van der Waals surface area contributed by atoms with Crippen LogP contribution in [-0.2, 0) is 11.3 Å². The molecule has 0 radical (unpaired) electrons. The highest BCUT2D eigenvalue weighted by Gasteiger charge is 2.37. The molecule has 1 fully saturated rings. The summed E-state index contributed by atoms with van der Waals surface area (Å²) >= 11 is 0. The van der Waals surface area contributed by atoms with E-state index in [1.54, 1.807) is 4.90 Å². The fourth-order valence-corrected chi connectivity index (χ4v) is 3.28. The molecule has 2 aliphatic heterocycles. The van der Waals surface area contributed by atoms with Gasteiger partial charge in [-0.1, -0.05) is 26.8 Å². The summed E-state index contributed by atoms with van der Waals surface area (Å²) in [6.45, 7) is 8.66. The molecular formula is C20H29N3O4. The van der Waals surface area contributed by atoms with Crippen molar-refractivity contribution in [2.24, 2.45) is 11.3 Å². The molecule has 0 saturated carbocycles. The predicted octanol–water partition coefficient (Wildman–Crippen LogP) is 2.50. The Kier molecular flexibility index (Phi) is 5.77. The molecule has 27 heavy (non-hydrogen) atoms. The monoisotopic (exact) mass is 375 g/mol. The number of carbonyl (C=O) groups excluding carboxylic acids is 2. The molecule has 0 atom stereocenters. The maximum Gasteiger partial charge on any atom is 0.317 e. The summed E-state index contributed by atoms with van der Waals surface area (Å²) in [4.78, 5) is 26.7. The second kappa shape index (κ2) is 8.06. The molecule has 0 spiro atoms. The number of carbonyl (C=O) groups is 2. The second-order valence-electron chi connectivity index (χ2n) is 8.00. The number of likely N-dealkylation sites (tertiary alicyclic amines) is 1. The van der Waals surface area contributed by atoms with Gasteiger partial charge in [-0.15, -0.1) is 0 Å². The van der Waals surface area contributed by atoms with E-state index in [4.69, 9.17) is 9.47 Å². The minimum Gasteiger partial charge on any atom is -0.454 e. The summed E-state index contributed by atoms with van der Waals surface area (Å²) in [6.07, 6.45) is 1.32. The van der Waals surface area contributed by atoms with Crippen LogP contribution in [0.5, 0.6) is 11.5 Å². The molecule has 1 aromatic carbocycles. The first kappa shape index (κ1) is 19.3. The second-order valence-corrected chi connectivity index (χ2v) is 8.00. The average Bonchev–Trinajstić information content (AvgIpc) is 3.12. The third-order valence-corrected chi connectivity index (χ3v) is 5.25. The van der Waals surface area contributed by atoms with Gasteiger partial charge in [0, 0.05) is 31.6 Å². The number of piperidine rings is 1. The Hall–Kier alpha value is -2.44. The molecule has 3 amide bonds. The van der Waals surface area contributed by atoms with Crippen molar-refractivity contribution >= 4 is 11.9 Å². The molecule has 0 bridgehead atoms. The number of hydrogen-bond acceptors (Lipinski definition) is 4. The molecule has 2 heterocycles. The summed E-state index contributed by atoms with van der Waals surface area (Å²) in [5, 5.41) is 5.97. The number of benzene rings is 1. The fraction of sp³-hybridized carbons (Fsp3) is 0.600. The van der Waals surface area contributed by atoms with Crippen molar-refractivity contribution in [1.29, 1.82) is 0 Å². The molecule has 1 aromatic rings. The van der Waals surface area contributed by atoms with Crippen LogP contribution in [0, 0.1) is 11.3 Å². The van der Waals surface area contributed by atoms with Gasteiger partial charge in [-0.3, -0.25) is 4.79 Å². The molecule has 148 valence electrons. The van der Waals surface area contributed by atoms with Gasteiger partial charge in [-0.05, 0) is 36.5 Å². The number of hydrogen-bond donors (Lipinski definition) is 2. The Labute approximate surface area is 160 Å². The fourth-order valence-electron chi connectivity index (χ4n) is 3.28. The van der Waals surface area contributed by atoms with Crippen LogP contribution < -0.4 is 20.1 Å². The Balaban J connectivity index is 1.48. The summed E-state index contributed by atoms with van der Waals surface area (Å²) in [7, 11) is 0. The van der Waals surface area contributed by atoms with Crippen LogP contribution >= 0.6 is 0 Å². The first-order valence-electron chi connectivity index (χ1n) is 9.57. The van der Waals surface area contributed by atoms with Crippen LogP contribution in [0.25, 0.3) is 0 Å². The molecule has 7 heteroatoms. The van der Waals surface area contributed by atoms with Crippen LogP contribution in [0.15, 0.2) is 18.2 Å². The molecule has 3 rings (SSSR count). The highest BCUT2D eigenvalue weighted by molar-refractivity contribution is 5.83. The zero-order chi connectivity index (χ0) is 19.4. The lowest BCUT2D eigenvalue weighted by Crippen LogP contribution is -2.51. The number of ether oxygens (including phenoxy) is 2. The highest BCUT2D eigenvalue weighted by Crippen LogP contribution is 2.33. The summed E-state index contributed by atoms with van der Waals surface area (Å²) in [5.41, 5.74) is 0.521. The van der Waals surface area contributed by atoms with E-state index in [0.717, 1.165) is 11.3 Å². The SMILES string of the molecule is CC(C)CNC(=O)N1CCC(C)(C(=O)NCc2ccc3c(c2)OCO3)CC1. The Morgan fingerprint density at radius 1 is 1.15 bits per heavy atom. The zero-order valence-electron chi connectivity index (χ0n) is 16.3. The van der Waals surface area contributed by atoms with E-state index in [2.05, 4.69) is 24.5 Å². The van der Waals surface area contributed by atoms with Gasteiger partial charge in [0.2, 0.25) is 12.7 Å². The van der Waals surface area contributed by atoms with Gasteiger partial charge >= 0.3 is 6.03 Å². The molecule has 2 N–H and O–H groups in total. The number of rotatable bonds is 5. The van der Waals surface area contributed by atoms with Crippen molar-refractivity contribution in [3.63, 3.8) is 0 Å². The van der Waals surface area contributed by atoms with Crippen LogP contribution in [0.3, 0.4) is 0 Å². The van der Waals surface area contributed by atoms with Crippen molar-refractivity contribution < 1.29 is 19.1 Å². The lowest BCUT2D eigenvalue weighted by molar-refractivity contribution is -0.132. The van der Waals surface area contributed by atoms with Crippen LogP contribution in [0.1, 0.15) is 39.2 Å². The smallest absolute Gasteiger partial charge is 0.317 e. The number of nitrogens with one attached hydrogen (secondary N) is 2. The largest absolute Gasteiger partial charge is 0.454 e. The minimum atomic E-state index is -0.453. The van der Waals surface area contributed by atoms with E-state index in [0.29, 0.717) is 50.7 Å². The third-order valence-electron chi connectivity index (χ3n) is 5.25. The van der Waals surface area contributed by atoms with E-state index in [1.165, 1.54) is 0 Å². The van der Waals surface area contributed by atoms with E-state index >= 15 is 0 Å². The van der Waals surface area contributed by atoms with E-state index in [9.17, 15) is 9.59 Å². The average molecular weight is 375 g/mol. The van der Waals surface area contributed by atoms with Gasteiger partial charge in [0.05, 0.1) is 0 Å². The lowest BCUT2D eigenvalue weighted by atomic mass is 9.79. The Morgan fingerprint density at radius 3 is 2.56 bits per heavy atom. The summed E-state index contributed by atoms with van der Waals surface area (Å²) in [5.74, 6) is 1.90. The number of nitrogens with zero attached hydrogens (tertiary/aromatic N) is 1. The molecule has 0 unspecified atom stereocenters. The third kappa shape index (κ3) is 4.64. The molecule has 0 aromatic heterocycles. The first-order valence-corrected chi connectivity index (χ1v) is 9.57. The van der Waals surface area contributed by atoms with Gasteiger partial charge in [-0.25, -0.2) is 4.79 Å². The van der Waals surface area contributed by atoms with Gasteiger partial charge in [0.15, 0.2) is 11.5 Å². The van der Waals surface area contributed by atoms with Crippen molar-refractivity contribution in [2.45, 2.75) is 40.2 Å². The first-order chi connectivity index (χ1) is 12.9. The maximum atomic E-state index is 12.7. The van der Waals surface area contributed by atoms with E-state index in [1.807, 2.05) is 25.1 Å². The molecular weight excluding hydrogens is 346 g/mol. The Morgan fingerprint density at radius 2 is 1.85 bits per heavy atom. The maximum absolute atomic E-state index is 12.7. The topological polar surface area (TPSA) is 79.9 Å². The lowest BCUT2D eigenvalue weighted by Gasteiger charge is -2.38. The highest BCUT2D eigenvalue weighted by atomic mass is 16.7. The van der Waals surface area contributed by atoms with Crippen LogP contribution in [0.4, 0.5) is 4.79 Å². The Bertz CT molecular complexity index is 696. The normalized spacial score (nSPS) is 17.7. The molecule has 2 aliphatic rings. The van der Waals surface area contributed by atoms with Gasteiger partial charge in [0.25, 0.3) is 0 Å². The van der Waals surface area contributed by atoms with Crippen LogP contribution in [-0.4, -0.2) is 43.3 Å². The quantitative estimate of drug-likeness (QED) is 0.829. The van der Waals surface area contributed by atoms with E-state index < -0.39 is 5.41 Å².